The maximum atomic E-state index is 6.32. The minimum Gasteiger partial charge on any atom is -0.436 e. The summed E-state index contributed by atoms with van der Waals surface area (Å²) in [4.78, 5) is 6.32. The molecule has 0 fully saturated rings. The summed E-state index contributed by atoms with van der Waals surface area (Å²) in [6.45, 7) is 0. The van der Waals surface area contributed by atoms with Crippen molar-refractivity contribution in [3.63, 3.8) is 0 Å². The molecule has 1 atom stereocenters. The molecule has 172 valence electrons. The van der Waals surface area contributed by atoms with Gasteiger partial charge in [-0.2, -0.15) is 0 Å². The van der Waals surface area contributed by atoms with E-state index in [9.17, 15) is 0 Å². The Bertz CT molecular complexity index is 2030. The second-order valence-corrected chi connectivity index (χ2v) is 10.9. The second kappa shape index (κ2) is 6.84. The third-order valence-corrected chi connectivity index (χ3v) is 9.42. The molecule has 0 aliphatic heterocycles. The summed E-state index contributed by atoms with van der Waals surface area (Å²) in [6.07, 6.45) is 0. The van der Waals surface area contributed by atoms with Gasteiger partial charge in [0, 0.05) is 26.1 Å². The average Bonchev–Trinajstić information content (AvgIpc) is 3.69. The first-order valence-electron chi connectivity index (χ1n) is 12.6. The summed E-state index contributed by atoms with van der Waals surface area (Å²) in [7, 11) is 0. The van der Waals surface area contributed by atoms with Gasteiger partial charge >= 0.3 is 0 Å². The zero-order valence-electron chi connectivity index (χ0n) is 19.7. The van der Waals surface area contributed by atoms with Crippen LogP contribution in [0.3, 0.4) is 0 Å². The zero-order chi connectivity index (χ0) is 24.1. The van der Waals surface area contributed by atoms with Crippen LogP contribution in [-0.4, -0.2) is 4.98 Å². The van der Waals surface area contributed by atoms with Crippen LogP contribution in [0.5, 0.6) is 0 Å². The first kappa shape index (κ1) is 19.7. The van der Waals surface area contributed by atoms with Crippen LogP contribution in [-0.2, 0) is 5.41 Å². The maximum absolute atomic E-state index is 6.32. The van der Waals surface area contributed by atoms with E-state index in [2.05, 4.69) is 91.0 Å². The lowest BCUT2D eigenvalue weighted by atomic mass is 9.74. The molecule has 9 rings (SSSR count). The average molecular weight is 490 g/mol. The van der Waals surface area contributed by atoms with Crippen molar-refractivity contribution in [1.82, 2.24) is 4.98 Å². The number of benzene rings is 5. The van der Waals surface area contributed by atoms with Gasteiger partial charge in [-0.1, -0.05) is 91.0 Å². The van der Waals surface area contributed by atoms with Gasteiger partial charge in [0.05, 0.1) is 5.41 Å². The number of oxazole rings is 1. The van der Waals surface area contributed by atoms with Crippen LogP contribution in [0.15, 0.2) is 120 Å². The van der Waals surface area contributed by atoms with Crippen LogP contribution in [0.2, 0.25) is 0 Å². The molecule has 0 bridgehead atoms. The van der Waals surface area contributed by atoms with Gasteiger partial charge in [-0.3, -0.25) is 0 Å². The van der Waals surface area contributed by atoms with Gasteiger partial charge in [0.15, 0.2) is 5.58 Å². The number of para-hydroxylation sites is 2. The van der Waals surface area contributed by atoms with E-state index in [1.165, 1.54) is 53.9 Å². The molecule has 0 radical (unpaired) electrons. The number of aromatic nitrogens is 1. The van der Waals surface area contributed by atoms with Crippen molar-refractivity contribution in [2.45, 2.75) is 5.41 Å². The van der Waals surface area contributed by atoms with E-state index in [1.54, 1.807) is 0 Å². The fraction of sp³-hybridized carbons (Fsp3) is 0.0294. The molecule has 0 saturated heterocycles. The molecule has 3 heteroatoms. The molecule has 0 N–H and O–H groups in total. The van der Waals surface area contributed by atoms with Gasteiger partial charge in [-0.05, 0) is 57.6 Å². The summed E-state index contributed by atoms with van der Waals surface area (Å²) in [6, 6.07) is 41.4. The summed E-state index contributed by atoms with van der Waals surface area (Å²) in [5.74, 6) is 0.674. The number of nitrogens with zero attached hydrogens (tertiary/aromatic N) is 1. The Kier molecular flexibility index (Phi) is 3.64. The number of hydrogen-bond donors (Lipinski definition) is 0. The second-order valence-electron chi connectivity index (χ2n) is 9.86. The van der Waals surface area contributed by atoms with Crippen molar-refractivity contribution < 1.29 is 4.42 Å². The van der Waals surface area contributed by atoms with Gasteiger partial charge in [-0.25, -0.2) is 4.98 Å². The molecule has 2 aromatic heterocycles. The molecule has 1 spiro atoms. The smallest absolute Gasteiger partial charge is 0.227 e. The van der Waals surface area contributed by atoms with Crippen LogP contribution in [0.4, 0.5) is 0 Å². The predicted molar refractivity (Wildman–Crippen MR) is 151 cm³/mol. The molecule has 1 unspecified atom stereocenters. The lowest BCUT2D eigenvalue weighted by molar-refractivity contribution is 0.620. The van der Waals surface area contributed by atoms with Crippen molar-refractivity contribution in [3.8, 4) is 33.7 Å². The van der Waals surface area contributed by atoms with E-state index in [1.807, 2.05) is 35.6 Å². The van der Waals surface area contributed by atoms with Gasteiger partial charge in [0.1, 0.15) is 5.52 Å². The highest BCUT2D eigenvalue weighted by atomic mass is 32.1. The first-order valence-corrected chi connectivity index (χ1v) is 13.4. The monoisotopic (exact) mass is 489 g/mol. The quantitative estimate of drug-likeness (QED) is 0.230. The number of rotatable bonds is 1. The van der Waals surface area contributed by atoms with Crippen molar-refractivity contribution in [2.75, 3.05) is 0 Å². The van der Waals surface area contributed by atoms with Crippen LogP contribution in [0.25, 0.3) is 54.9 Å². The fourth-order valence-electron chi connectivity index (χ4n) is 6.76. The van der Waals surface area contributed by atoms with Crippen LogP contribution >= 0.6 is 11.3 Å². The molecule has 2 heterocycles. The minimum atomic E-state index is -0.358. The molecule has 0 amide bonds. The lowest BCUT2D eigenvalue weighted by Gasteiger charge is -2.29. The largest absolute Gasteiger partial charge is 0.436 e. The number of thiophene rings is 1. The third-order valence-electron chi connectivity index (χ3n) is 8.13. The SMILES string of the molecule is c1ccc2c(c1)-c1c(-c3nc4ccccc4o3)cccc1C21c2ccccc2-c2c1sc1ccccc21. The predicted octanol–water partition coefficient (Wildman–Crippen LogP) is 9.05. The Balaban J connectivity index is 1.45. The summed E-state index contributed by atoms with van der Waals surface area (Å²) in [5, 5.41) is 1.34. The molecule has 2 aliphatic carbocycles. The van der Waals surface area contributed by atoms with Crippen LogP contribution in [0, 0.1) is 0 Å². The van der Waals surface area contributed by atoms with E-state index >= 15 is 0 Å². The maximum Gasteiger partial charge on any atom is 0.227 e. The van der Waals surface area contributed by atoms with Crippen molar-refractivity contribution >= 4 is 32.5 Å². The van der Waals surface area contributed by atoms with Crippen molar-refractivity contribution in [3.05, 3.63) is 137 Å². The van der Waals surface area contributed by atoms with E-state index < -0.39 is 0 Å². The Morgan fingerprint density at radius 3 is 2.05 bits per heavy atom. The normalized spacial score (nSPS) is 16.8. The highest BCUT2D eigenvalue weighted by Gasteiger charge is 2.53. The standard InChI is InChI=1S/C34H19NOS/c1-4-14-24-20(10-1)30-23(33-35-27-17-6-7-18-28(27)36-33)13-9-16-26(30)34(24)25-15-5-2-11-21(25)31-22-12-3-8-19-29(22)37-32(31)34/h1-19H. The number of fused-ring (bicyclic) bond motifs is 13. The zero-order valence-corrected chi connectivity index (χ0v) is 20.5. The van der Waals surface area contributed by atoms with E-state index in [0.29, 0.717) is 5.89 Å². The molecule has 37 heavy (non-hydrogen) atoms. The Morgan fingerprint density at radius 2 is 1.22 bits per heavy atom. The molecule has 2 nitrogen and oxygen atoms in total. The van der Waals surface area contributed by atoms with Gasteiger partial charge in [-0.15, -0.1) is 11.3 Å². The van der Waals surface area contributed by atoms with Gasteiger partial charge in [0.2, 0.25) is 5.89 Å². The highest BCUT2D eigenvalue weighted by molar-refractivity contribution is 7.20. The van der Waals surface area contributed by atoms with Gasteiger partial charge < -0.3 is 4.42 Å². The van der Waals surface area contributed by atoms with E-state index in [4.69, 9.17) is 9.40 Å². The molecular formula is C34H19NOS. The Labute approximate surface area is 217 Å². The summed E-state index contributed by atoms with van der Waals surface area (Å²) < 4.78 is 7.66. The third kappa shape index (κ3) is 2.29. The molecule has 0 saturated carbocycles. The lowest BCUT2D eigenvalue weighted by Crippen LogP contribution is -2.24. The van der Waals surface area contributed by atoms with E-state index in [-0.39, 0.29) is 5.41 Å². The van der Waals surface area contributed by atoms with Crippen LogP contribution < -0.4 is 0 Å². The van der Waals surface area contributed by atoms with Crippen molar-refractivity contribution in [1.29, 1.82) is 0 Å². The fourth-order valence-corrected chi connectivity index (χ4v) is 8.21. The summed E-state index contributed by atoms with van der Waals surface area (Å²) >= 11 is 1.93. The number of hydrogen-bond acceptors (Lipinski definition) is 3. The summed E-state index contributed by atoms with van der Waals surface area (Å²) in [5.41, 5.74) is 11.6. The highest BCUT2D eigenvalue weighted by Crippen LogP contribution is 2.66. The molecule has 7 aromatic rings. The van der Waals surface area contributed by atoms with Crippen molar-refractivity contribution in [2.24, 2.45) is 0 Å². The molecule has 5 aromatic carbocycles. The van der Waals surface area contributed by atoms with Gasteiger partial charge in [0.25, 0.3) is 0 Å². The Hall–Kier alpha value is -4.47. The Morgan fingerprint density at radius 1 is 0.568 bits per heavy atom. The topological polar surface area (TPSA) is 26.0 Å². The first-order chi connectivity index (χ1) is 18.4. The minimum absolute atomic E-state index is 0.358. The molecule has 2 aliphatic rings. The van der Waals surface area contributed by atoms with E-state index in [0.717, 1.165) is 16.7 Å². The molecular weight excluding hydrogens is 470 g/mol. The van der Waals surface area contributed by atoms with Crippen LogP contribution in [0.1, 0.15) is 21.6 Å².